The normalized spacial score (nSPS) is 19.4. The van der Waals surface area contributed by atoms with Gasteiger partial charge in [0.2, 0.25) is 0 Å². The summed E-state index contributed by atoms with van der Waals surface area (Å²) < 4.78 is 4.85. The summed E-state index contributed by atoms with van der Waals surface area (Å²) in [6, 6.07) is -0.368. The van der Waals surface area contributed by atoms with Crippen LogP contribution >= 0.6 is 0 Å². The number of nitrogens with one attached hydrogen (secondary N) is 1. The van der Waals surface area contributed by atoms with Gasteiger partial charge >= 0.3 is 6.03 Å². The molecular weight excluding hydrogens is 184 g/mol. The number of carbonyl (C=O) groups is 2. The van der Waals surface area contributed by atoms with Crippen molar-refractivity contribution < 1.29 is 14.3 Å². The lowest BCUT2D eigenvalue weighted by molar-refractivity contribution is -0.130. The van der Waals surface area contributed by atoms with E-state index in [0.29, 0.717) is 0 Å². The number of ether oxygens (including phenoxy) is 1. The van der Waals surface area contributed by atoms with Gasteiger partial charge in [0, 0.05) is 0 Å². The average molecular weight is 198 g/mol. The number of amides is 3. The van der Waals surface area contributed by atoms with E-state index in [1.54, 1.807) is 13.8 Å². The summed E-state index contributed by atoms with van der Waals surface area (Å²) in [5.74, 6) is -0.227. The molecule has 14 heavy (non-hydrogen) atoms. The quantitative estimate of drug-likeness (QED) is 0.406. The van der Waals surface area contributed by atoms with Gasteiger partial charge in [0.25, 0.3) is 5.91 Å². The van der Waals surface area contributed by atoms with Gasteiger partial charge < -0.3 is 10.1 Å². The molecule has 1 N–H and O–H groups in total. The van der Waals surface area contributed by atoms with Crippen molar-refractivity contribution in [1.82, 2.24) is 10.2 Å². The van der Waals surface area contributed by atoms with E-state index < -0.39 is 5.54 Å². The van der Waals surface area contributed by atoms with Gasteiger partial charge in [-0.15, -0.1) is 0 Å². The SMILES string of the molecule is C=COCCN1C(=O)NC(C)(C)C1=O. The molecular formula is C9H14N2O3. The van der Waals surface area contributed by atoms with Crippen LogP contribution in [0.4, 0.5) is 4.79 Å². The molecule has 0 bridgehead atoms. The third kappa shape index (κ3) is 1.86. The fourth-order valence-corrected chi connectivity index (χ4v) is 1.25. The lowest BCUT2D eigenvalue weighted by atomic mass is 10.1. The zero-order valence-electron chi connectivity index (χ0n) is 8.37. The van der Waals surface area contributed by atoms with Gasteiger partial charge in [-0.05, 0) is 13.8 Å². The van der Waals surface area contributed by atoms with Crippen LogP contribution in [0.5, 0.6) is 0 Å². The third-order valence-electron chi connectivity index (χ3n) is 1.99. The van der Waals surface area contributed by atoms with Crippen molar-refractivity contribution in [2.45, 2.75) is 19.4 Å². The largest absolute Gasteiger partial charge is 0.500 e. The smallest absolute Gasteiger partial charge is 0.325 e. The molecule has 1 saturated heterocycles. The van der Waals surface area contributed by atoms with E-state index in [9.17, 15) is 9.59 Å². The van der Waals surface area contributed by atoms with E-state index in [2.05, 4.69) is 11.9 Å². The monoisotopic (exact) mass is 198 g/mol. The summed E-state index contributed by atoms with van der Waals surface area (Å²) >= 11 is 0. The Morgan fingerprint density at radius 1 is 1.57 bits per heavy atom. The number of imide groups is 1. The molecule has 1 aliphatic rings. The minimum Gasteiger partial charge on any atom is -0.500 e. The summed E-state index contributed by atoms with van der Waals surface area (Å²) in [7, 11) is 0. The van der Waals surface area contributed by atoms with Crippen molar-refractivity contribution in [3.05, 3.63) is 12.8 Å². The maximum absolute atomic E-state index is 11.6. The van der Waals surface area contributed by atoms with E-state index in [0.717, 1.165) is 4.90 Å². The molecule has 0 aliphatic carbocycles. The minimum atomic E-state index is -0.800. The van der Waals surface area contributed by atoms with Crippen molar-refractivity contribution in [3.8, 4) is 0 Å². The number of hydrogen-bond donors (Lipinski definition) is 1. The number of nitrogens with zero attached hydrogens (tertiary/aromatic N) is 1. The van der Waals surface area contributed by atoms with Gasteiger partial charge in [-0.2, -0.15) is 0 Å². The molecule has 0 spiro atoms. The van der Waals surface area contributed by atoms with E-state index in [4.69, 9.17) is 4.74 Å². The lowest BCUT2D eigenvalue weighted by Crippen LogP contribution is -2.40. The Labute approximate surface area is 82.7 Å². The molecule has 0 radical (unpaired) electrons. The van der Waals surface area contributed by atoms with Crippen LogP contribution < -0.4 is 5.32 Å². The van der Waals surface area contributed by atoms with Crippen LogP contribution in [0.15, 0.2) is 12.8 Å². The first-order valence-corrected chi connectivity index (χ1v) is 4.35. The molecule has 0 aromatic rings. The van der Waals surface area contributed by atoms with Crippen LogP contribution in [0.3, 0.4) is 0 Å². The topological polar surface area (TPSA) is 58.6 Å². The van der Waals surface area contributed by atoms with E-state index in [1.807, 2.05) is 0 Å². The van der Waals surface area contributed by atoms with Crippen molar-refractivity contribution in [1.29, 1.82) is 0 Å². The highest BCUT2D eigenvalue weighted by Crippen LogP contribution is 2.15. The van der Waals surface area contributed by atoms with Crippen molar-refractivity contribution in [3.63, 3.8) is 0 Å². The second-order valence-electron chi connectivity index (χ2n) is 3.55. The maximum atomic E-state index is 11.6. The summed E-state index contributed by atoms with van der Waals surface area (Å²) in [5, 5.41) is 2.58. The van der Waals surface area contributed by atoms with Crippen LogP contribution in [0, 0.1) is 0 Å². The second-order valence-corrected chi connectivity index (χ2v) is 3.55. The van der Waals surface area contributed by atoms with Crippen LogP contribution in [0.1, 0.15) is 13.8 Å². The van der Waals surface area contributed by atoms with Crippen molar-refractivity contribution >= 4 is 11.9 Å². The highest BCUT2D eigenvalue weighted by molar-refractivity contribution is 6.06. The first-order chi connectivity index (χ1) is 6.49. The van der Waals surface area contributed by atoms with E-state index in [-0.39, 0.29) is 25.1 Å². The van der Waals surface area contributed by atoms with Gasteiger partial charge in [0.1, 0.15) is 12.1 Å². The number of urea groups is 1. The van der Waals surface area contributed by atoms with Crippen molar-refractivity contribution in [2.24, 2.45) is 0 Å². The van der Waals surface area contributed by atoms with E-state index in [1.165, 1.54) is 6.26 Å². The van der Waals surface area contributed by atoms with Gasteiger partial charge in [-0.3, -0.25) is 9.69 Å². The number of rotatable bonds is 4. The molecule has 0 unspecified atom stereocenters. The first kappa shape index (κ1) is 10.6. The molecule has 0 aromatic carbocycles. The molecule has 0 saturated carbocycles. The highest BCUT2D eigenvalue weighted by atomic mass is 16.5. The van der Waals surface area contributed by atoms with Gasteiger partial charge in [-0.1, -0.05) is 6.58 Å². The molecule has 1 rings (SSSR count). The number of hydrogen-bond acceptors (Lipinski definition) is 3. The fourth-order valence-electron chi connectivity index (χ4n) is 1.25. The summed E-state index contributed by atoms with van der Waals surface area (Å²) in [6.07, 6.45) is 1.28. The van der Waals surface area contributed by atoms with Gasteiger partial charge in [-0.25, -0.2) is 4.79 Å². The van der Waals surface area contributed by atoms with Crippen molar-refractivity contribution in [2.75, 3.05) is 13.2 Å². The zero-order chi connectivity index (χ0) is 10.8. The molecule has 0 atom stereocenters. The van der Waals surface area contributed by atoms with Crippen LogP contribution in [-0.4, -0.2) is 35.5 Å². The summed E-state index contributed by atoms with van der Waals surface area (Å²) in [5.41, 5.74) is -0.800. The average Bonchev–Trinajstić information content (AvgIpc) is 2.27. The molecule has 1 aliphatic heterocycles. The molecule has 0 aromatic heterocycles. The van der Waals surface area contributed by atoms with Gasteiger partial charge in [0.15, 0.2) is 0 Å². The number of carbonyl (C=O) groups excluding carboxylic acids is 2. The predicted molar refractivity (Wildman–Crippen MR) is 50.5 cm³/mol. The summed E-state index contributed by atoms with van der Waals surface area (Å²) in [4.78, 5) is 24.0. The Bertz CT molecular complexity index is 273. The molecule has 3 amide bonds. The fraction of sp³-hybridized carbons (Fsp3) is 0.556. The van der Waals surface area contributed by atoms with Crippen LogP contribution in [0.2, 0.25) is 0 Å². The molecule has 1 fully saturated rings. The maximum Gasteiger partial charge on any atom is 0.325 e. The predicted octanol–water partition coefficient (Wildman–Crippen LogP) is 0.477. The van der Waals surface area contributed by atoms with Crippen LogP contribution in [-0.2, 0) is 9.53 Å². The molecule has 1 heterocycles. The molecule has 78 valence electrons. The Hall–Kier alpha value is -1.52. The molecule has 5 nitrogen and oxygen atoms in total. The third-order valence-corrected chi connectivity index (χ3v) is 1.99. The second kappa shape index (κ2) is 3.69. The Morgan fingerprint density at radius 2 is 2.21 bits per heavy atom. The Kier molecular flexibility index (Phi) is 2.78. The molecule has 5 heteroatoms. The Balaban J connectivity index is 2.57. The minimum absolute atomic E-state index is 0.227. The Morgan fingerprint density at radius 3 is 2.64 bits per heavy atom. The van der Waals surface area contributed by atoms with E-state index >= 15 is 0 Å². The zero-order valence-corrected chi connectivity index (χ0v) is 8.37. The summed E-state index contributed by atoms with van der Waals surface area (Å²) in [6.45, 7) is 7.23. The standard InChI is InChI=1S/C9H14N2O3/c1-4-14-6-5-11-7(12)9(2,3)10-8(11)13/h4H,1,5-6H2,2-3H3,(H,10,13). The first-order valence-electron chi connectivity index (χ1n) is 4.35. The van der Waals surface area contributed by atoms with Gasteiger partial charge in [0.05, 0.1) is 12.8 Å². The highest BCUT2D eigenvalue weighted by Gasteiger charge is 2.43. The van der Waals surface area contributed by atoms with Crippen LogP contribution in [0.25, 0.3) is 0 Å². The lowest BCUT2D eigenvalue weighted by Gasteiger charge is -2.15.